The van der Waals surface area contributed by atoms with Crippen LogP contribution in [0.3, 0.4) is 0 Å². The third kappa shape index (κ3) is 2.19. The molecule has 1 atom stereocenters. The van der Waals surface area contributed by atoms with E-state index in [2.05, 4.69) is 27.6 Å². The molecule has 0 spiro atoms. The van der Waals surface area contributed by atoms with Crippen LogP contribution in [0.5, 0.6) is 0 Å². The van der Waals surface area contributed by atoms with Gasteiger partial charge in [-0.3, -0.25) is 4.79 Å². The van der Waals surface area contributed by atoms with E-state index in [4.69, 9.17) is 10.8 Å². The molecular weight excluding hydrogens is 319 g/mol. The van der Waals surface area contributed by atoms with E-state index >= 15 is 0 Å². The van der Waals surface area contributed by atoms with Crippen LogP contribution in [-0.4, -0.2) is 22.1 Å². The molecule has 2 aromatic rings. The van der Waals surface area contributed by atoms with Crippen LogP contribution < -0.4 is 5.73 Å². The molecule has 4 N–H and O–H groups in total. The number of carboxylic acid groups (broad SMARTS) is 1. The molecule has 0 saturated carbocycles. The molecule has 0 fully saturated rings. The predicted molar refractivity (Wildman–Crippen MR) is 70.3 cm³/mol. The Bertz CT molecular complexity index is 536. The van der Waals surface area contributed by atoms with E-state index in [0.29, 0.717) is 6.42 Å². The van der Waals surface area contributed by atoms with E-state index in [1.54, 1.807) is 0 Å². The SMILES string of the molecule is N[C@@H](Cc1c[nH]c2ccc(I)cc12)C(=O)O. The van der Waals surface area contributed by atoms with Crippen LogP contribution in [0.2, 0.25) is 0 Å². The van der Waals surface area contributed by atoms with Crippen molar-refractivity contribution in [1.29, 1.82) is 0 Å². The lowest BCUT2D eigenvalue weighted by molar-refractivity contribution is -0.138. The van der Waals surface area contributed by atoms with Gasteiger partial charge in [0.15, 0.2) is 0 Å². The van der Waals surface area contributed by atoms with Gasteiger partial charge in [0.25, 0.3) is 0 Å². The van der Waals surface area contributed by atoms with E-state index in [-0.39, 0.29) is 0 Å². The quantitative estimate of drug-likeness (QED) is 0.750. The summed E-state index contributed by atoms with van der Waals surface area (Å²) in [4.78, 5) is 13.8. The number of carboxylic acids is 1. The Balaban J connectivity index is 2.37. The standard InChI is InChI=1S/C11H11IN2O2/c12-7-1-2-10-8(4-7)6(5-14-10)3-9(13)11(15)16/h1-2,4-5,9,14H,3,13H2,(H,15,16)/t9-/m0/s1. The molecule has 1 aromatic carbocycles. The smallest absolute Gasteiger partial charge is 0.320 e. The number of H-pyrrole nitrogens is 1. The lowest BCUT2D eigenvalue weighted by Crippen LogP contribution is -2.32. The zero-order chi connectivity index (χ0) is 11.7. The first kappa shape index (κ1) is 11.4. The highest BCUT2D eigenvalue weighted by Crippen LogP contribution is 2.21. The molecule has 0 radical (unpaired) electrons. The van der Waals surface area contributed by atoms with Gasteiger partial charge in [0, 0.05) is 27.1 Å². The fourth-order valence-corrected chi connectivity index (χ4v) is 2.13. The van der Waals surface area contributed by atoms with Crippen molar-refractivity contribution in [3.05, 3.63) is 33.5 Å². The van der Waals surface area contributed by atoms with Crippen molar-refractivity contribution in [2.45, 2.75) is 12.5 Å². The first-order chi connectivity index (χ1) is 7.58. The summed E-state index contributed by atoms with van der Waals surface area (Å²) in [6.45, 7) is 0. The third-order valence-corrected chi connectivity index (χ3v) is 3.16. The Labute approximate surface area is 106 Å². The number of nitrogens with two attached hydrogens (primary N) is 1. The van der Waals surface area contributed by atoms with Gasteiger partial charge in [-0.1, -0.05) is 0 Å². The molecule has 0 amide bonds. The summed E-state index contributed by atoms with van der Waals surface area (Å²) in [5.41, 5.74) is 7.48. The second kappa shape index (κ2) is 4.42. The van der Waals surface area contributed by atoms with E-state index in [9.17, 15) is 4.79 Å². The van der Waals surface area contributed by atoms with E-state index < -0.39 is 12.0 Å². The van der Waals surface area contributed by atoms with Crippen molar-refractivity contribution in [2.75, 3.05) is 0 Å². The first-order valence-corrected chi connectivity index (χ1v) is 5.89. The van der Waals surface area contributed by atoms with Crippen LogP contribution >= 0.6 is 22.6 Å². The summed E-state index contributed by atoms with van der Waals surface area (Å²) in [6.07, 6.45) is 2.17. The van der Waals surface area contributed by atoms with Gasteiger partial charge in [0.2, 0.25) is 0 Å². The number of fused-ring (bicyclic) bond motifs is 1. The fraction of sp³-hybridized carbons (Fsp3) is 0.182. The predicted octanol–water partition coefficient (Wildman–Crippen LogP) is 1.73. The minimum absolute atomic E-state index is 0.343. The first-order valence-electron chi connectivity index (χ1n) is 4.82. The molecular formula is C11H11IN2O2. The number of halogens is 1. The summed E-state index contributed by atoms with van der Waals surface area (Å²) in [5, 5.41) is 9.82. The summed E-state index contributed by atoms with van der Waals surface area (Å²) >= 11 is 2.23. The van der Waals surface area contributed by atoms with Gasteiger partial charge in [-0.15, -0.1) is 0 Å². The van der Waals surface area contributed by atoms with Crippen LogP contribution in [0.4, 0.5) is 0 Å². The number of aromatic nitrogens is 1. The van der Waals surface area contributed by atoms with Gasteiger partial charge in [0.05, 0.1) is 0 Å². The second-order valence-electron chi connectivity index (χ2n) is 3.65. The Kier molecular flexibility index (Phi) is 3.15. The van der Waals surface area contributed by atoms with Crippen molar-refractivity contribution < 1.29 is 9.90 Å². The van der Waals surface area contributed by atoms with Gasteiger partial charge in [-0.25, -0.2) is 0 Å². The maximum Gasteiger partial charge on any atom is 0.320 e. The van der Waals surface area contributed by atoms with Crippen LogP contribution in [0.15, 0.2) is 24.4 Å². The van der Waals surface area contributed by atoms with Gasteiger partial charge in [-0.05, 0) is 46.4 Å². The molecule has 1 aromatic heterocycles. The highest BCUT2D eigenvalue weighted by atomic mass is 127. The molecule has 5 heteroatoms. The molecule has 0 saturated heterocycles. The summed E-state index contributed by atoms with van der Waals surface area (Å²) in [5.74, 6) is -0.972. The van der Waals surface area contributed by atoms with E-state index in [1.807, 2.05) is 24.4 Å². The molecule has 4 nitrogen and oxygen atoms in total. The summed E-state index contributed by atoms with van der Waals surface area (Å²) in [6, 6.07) is 5.15. The maximum absolute atomic E-state index is 10.7. The molecule has 0 bridgehead atoms. The molecule has 0 unspecified atom stereocenters. The summed E-state index contributed by atoms with van der Waals surface area (Å²) in [7, 11) is 0. The van der Waals surface area contributed by atoms with Crippen molar-refractivity contribution in [3.8, 4) is 0 Å². The zero-order valence-corrected chi connectivity index (χ0v) is 10.6. The number of benzene rings is 1. The number of aliphatic carboxylic acids is 1. The van der Waals surface area contributed by atoms with E-state index in [0.717, 1.165) is 20.0 Å². The van der Waals surface area contributed by atoms with Crippen LogP contribution in [0.25, 0.3) is 10.9 Å². The van der Waals surface area contributed by atoms with Gasteiger partial charge in [0.1, 0.15) is 6.04 Å². The topological polar surface area (TPSA) is 79.1 Å². The lowest BCUT2D eigenvalue weighted by Gasteiger charge is -2.04. The normalized spacial score (nSPS) is 12.9. The molecule has 0 aliphatic carbocycles. The van der Waals surface area contributed by atoms with Crippen LogP contribution in [0, 0.1) is 3.57 Å². The Morgan fingerprint density at radius 3 is 3.00 bits per heavy atom. The highest BCUT2D eigenvalue weighted by molar-refractivity contribution is 14.1. The Morgan fingerprint density at radius 2 is 2.31 bits per heavy atom. The lowest BCUT2D eigenvalue weighted by atomic mass is 10.1. The third-order valence-electron chi connectivity index (χ3n) is 2.49. The van der Waals surface area contributed by atoms with Crippen molar-refractivity contribution in [1.82, 2.24) is 4.98 Å². The highest BCUT2D eigenvalue weighted by Gasteiger charge is 2.14. The van der Waals surface area contributed by atoms with Crippen molar-refractivity contribution >= 4 is 39.5 Å². The minimum atomic E-state index is -0.972. The fourth-order valence-electron chi connectivity index (χ4n) is 1.64. The number of hydrogen-bond donors (Lipinski definition) is 3. The number of hydrogen-bond acceptors (Lipinski definition) is 2. The largest absolute Gasteiger partial charge is 0.480 e. The zero-order valence-electron chi connectivity index (χ0n) is 8.40. The minimum Gasteiger partial charge on any atom is -0.480 e. The molecule has 0 aliphatic heterocycles. The molecule has 84 valence electrons. The average Bonchev–Trinajstić information content (AvgIpc) is 2.61. The second-order valence-corrected chi connectivity index (χ2v) is 4.90. The monoisotopic (exact) mass is 330 g/mol. The van der Waals surface area contributed by atoms with Gasteiger partial charge < -0.3 is 15.8 Å². The number of rotatable bonds is 3. The van der Waals surface area contributed by atoms with Crippen LogP contribution in [-0.2, 0) is 11.2 Å². The van der Waals surface area contributed by atoms with Gasteiger partial charge >= 0.3 is 5.97 Å². The van der Waals surface area contributed by atoms with Crippen molar-refractivity contribution in [2.24, 2.45) is 5.73 Å². The van der Waals surface area contributed by atoms with Crippen molar-refractivity contribution in [3.63, 3.8) is 0 Å². The average molecular weight is 330 g/mol. The number of carbonyl (C=O) groups is 1. The molecule has 1 heterocycles. The summed E-state index contributed by atoms with van der Waals surface area (Å²) < 4.78 is 1.12. The number of aromatic amines is 1. The number of nitrogens with one attached hydrogen (secondary N) is 1. The van der Waals surface area contributed by atoms with E-state index in [1.165, 1.54) is 0 Å². The van der Waals surface area contributed by atoms with Crippen LogP contribution in [0.1, 0.15) is 5.56 Å². The Morgan fingerprint density at radius 1 is 1.56 bits per heavy atom. The Hall–Kier alpha value is -1.08. The molecule has 2 rings (SSSR count). The van der Waals surface area contributed by atoms with Gasteiger partial charge in [-0.2, -0.15) is 0 Å². The molecule has 16 heavy (non-hydrogen) atoms. The molecule has 0 aliphatic rings. The maximum atomic E-state index is 10.7.